The Kier molecular flexibility index (Phi) is 6.32. The van der Waals surface area contributed by atoms with E-state index in [4.69, 9.17) is 5.73 Å². The van der Waals surface area contributed by atoms with Crippen LogP contribution >= 0.6 is 0 Å². The van der Waals surface area contributed by atoms with Crippen molar-refractivity contribution in [3.8, 4) is 0 Å². The number of carbonyl (C=O) groups is 1. The van der Waals surface area contributed by atoms with Crippen LogP contribution in [0.1, 0.15) is 25.8 Å². The summed E-state index contributed by atoms with van der Waals surface area (Å²) in [7, 11) is -3.55. The first-order valence-corrected chi connectivity index (χ1v) is 8.41. The molecule has 0 aromatic heterocycles. The van der Waals surface area contributed by atoms with Crippen molar-refractivity contribution in [2.45, 2.75) is 32.1 Å². The molecule has 0 saturated carbocycles. The van der Waals surface area contributed by atoms with Crippen LogP contribution in [0.4, 0.5) is 5.69 Å². The molecule has 0 bridgehead atoms. The Labute approximate surface area is 126 Å². The summed E-state index contributed by atoms with van der Waals surface area (Å²) in [5, 5.41) is 2.66. The Bertz CT molecular complexity index is 595. The highest BCUT2D eigenvalue weighted by Gasteiger charge is 2.23. The number of rotatable bonds is 7. The number of sulfonamides is 1. The molecule has 0 aliphatic heterocycles. The Morgan fingerprint density at radius 3 is 2.43 bits per heavy atom. The lowest BCUT2D eigenvalue weighted by molar-refractivity contribution is -0.116. The second kappa shape index (κ2) is 7.53. The van der Waals surface area contributed by atoms with Crippen LogP contribution < -0.4 is 11.1 Å². The lowest BCUT2D eigenvalue weighted by atomic mass is 10.2. The molecule has 1 aromatic carbocycles. The van der Waals surface area contributed by atoms with Gasteiger partial charge in [0.25, 0.3) is 0 Å². The number of hydrogen-bond donors (Lipinski definition) is 2. The van der Waals surface area contributed by atoms with Crippen LogP contribution in [-0.2, 0) is 14.8 Å². The van der Waals surface area contributed by atoms with Crippen molar-refractivity contribution in [1.82, 2.24) is 4.31 Å². The molecule has 0 spiro atoms. The molecule has 21 heavy (non-hydrogen) atoms. The number of nitrogens with two attached hydrogens (primary N) is 1. The molecule has 0 unspecified atom stereocenters. The number of hydrogen-bond acceptors (Lipinski definition) is 4. The van der Waals surface area contributed by atoms with Crippen molar-refractivity contribution >= 4 is 21.6 Å². The molecule has 6 nitrogen and oxygen atoms in total. The maximum atomic E-state index is 12.6. The second-order valence-electron chi connectivity index (χ2n) is 4.66. The predicted molar refractivity (Wildman–Crippen MR) is 83.6 cm³/mol. The van der Waals surface area contributed by atoms with Gasteiger partial charge in [-0.05, 0) is 24.6 Å². The highest BCUT2D eigenvalue weighted by Crippen LogP contribution is 2.23. The minimum Gasteiger partial charge on any atom is -0.330 e. The lowest BCUT2D eigenvalue weighted by Gasteiger charge is -2.20. The van der Waals surface area contributed by atoms with Gasteiger partial charge in [0.05, 0.1) is 4.90 Å². The summed E-state index contributed by atoms with van der Waals surface area (Å²) in [5.41, 5.74) is 6.43. The topological polar surface area (TPSA) is 92.5 Å². The van der Waals surface area contributed by atoms with Gasteiger partial charge in [-0.15, -0.1) is 0 Å². The van der Waals surface area contributed by atoms with Gasteiger partial charge in [-0.25, -0.2) is 8.42 Å². The number of aryl methyl sites for hydroxylation is 1. The van der Waals surface area contributed by atoms with E-state index in [0.717, 1.165) is 0 Å². The molecule has 1 rings (SSSR count). The summed E-state index contributed by atoms with van der Waals surface area (Å²) in [5.74, 6) is -0.229. The zero-order valence-electron chi connectivity index (χ0n) is 12.7. The number of nitrogens with zero attached hydrogens (tertiary/aromatic N) is 1. The van der Waals surface area contributed by atoms with Crippen LogP contribution in [0, 0.1) is 6.92 Å². The van der Waals surface area contributed by atoms with Gasteiger partial charge in [0.15, 0.2) is 0 Å². The van der Waals surface area contributed by atoms with E-state index in [-0.39, 0.29) is 23.8 Å². The number of carbonyl (C=O) groups excluding carboxylic acids is 1. The van der Waals surface area contributed by atoms with Crippen LogP contribution in [0.5, 0.6) is 0 Å². The molecule has 0 aliphatic carbocycles. The fourth-order valence-corrected chi connectivity index (χ4v) is 3.72. The van der Waals surface area contributed by atoms with Crippen molar-refractivity contribution in [1.29, 1.82) is 0 Å². The molecule has 0 radical (unpaired) electrons. The molecule has 1 aromatic rings. The molecular formula is C14H23N3O3S. The first kappa shape index (κ1) is 17.6. The average Bonchev–Trinajstić information content (AvgIpc) is 2.42. The highest BCUT2D eigenvalue weighted by molar-refractivity contribution is 7.89. The zero-order valence-corrected chi connectivity index (χ0v) is 13.5. The largest absolute Gasteiger partial charge is 0.330 e. The molecule has 0 atom stereocenters. The third kappa shape index (κ3) is 4.26. The summed E-state index contributed by atoms with van der Waals surface area (Å²) in [6.07, 6.45) is 0.200. The molecule has 3 N–H and O–H groups in total. The van der Waals surface area contributed by atoms with E-state index < -0.39 is 10.0 Å². The summed E-state index contributed by atoms with van der Waals surface area (Å²) in [4.78, 5) is 11.8. The van der Waals surface area contributed by atoms with Crippen molar-refractivity contribution in [2.75, 3.05) is 25.0 Å². The number of nitrogens with one attached hydrogen (secondary N) is 1. The van der Waals surface area contributed by atoms with Crippen LogP contribution in [0.2, 0.25) is 0 Å². The van der Waals surface area contributed by atoms with E-state index in [9.17, 15) is 13.2 Å². The van der Waals surface area contributed by atoms with Crippen LogP contribution in [-0.4, -0.2) is 38.3 Å². The third-order valence-electron chi connectivity index (χ3n) is 3.17. The normalized spacial score (nSPS) is 11.7. The number of anilines is 1. The summed E-state index contributed by atoms with van der Waals surface area (Å²) >= 11 is 0. The standard InChI is InChI=1S/C14H23N3O3S/c1-4-17(5-2)21(19,20)13-10-12(7-6-11(13)3)16-14(18)8-9-15/h6-7,10H,4-5,8-9,15H2,1-3H3,(H,16,18). The van der Waals surface area contributed by atoms with Gasteiger partial charge in [0.2, 0.25) is 15.9 Å². The van der Waals surface area contributed by atoms with Crippen molar-refractivity contribution < 1.29 is 13.2 Å². The number of benzene rings is 1. The van der Waals surface area contributed by atoms with Gasteiger partial charge in [-0.3, -0.25) is 4.79 Å². The SMILES string of the molecule is CCN(CC)S(=O)(=O)c1cc(NC(=O)CCN)ccc1C. The van der Waals surface area contributed by atoms with E-state index in [1.165, 1.54) is 10.4 Å². The monoisotopic (exact) mass is 313 g/mol. The Morgan fingerprint density at radius 2 is 1.90 bits per heavy atom. The average molecular weight is 313 g/mol. The Morgan fingerprint density at radius 1 is 1.29 bits per heavy atom. The van der Waals surface area contributed by atoms with Crippen LogP contribution in [0.15, 0.2) is 23.1 Å². The van der Waals surface area contributed by atoms with Gasteiger partial charge in [0, 0.05) is 31.7 Å². The summed E-state index contributed by atoms with van der Waals surface area (Å²) < 4.78 is 26.5. The maximum absolute atomic E-state index is 12.6. The van der Waals surface area contributed by atoms with Gasteiger partial charge < -0.3 is 11.1 Å². The Balaban J connectivity index is 3.16. The van der Waals surface area contributed by atoms with E-state index in [1.807, 2.05) is 0 Å². The van der Waals surface area contributed by atoms with Gasteiger partial charge in [0.1, 0.15) is 0 Å². The molecule has 0 heterocycles. The minimum atomic E-state index is -3.55. The first-order chi connectivity index (χ1) is 9.86. The fourth-order valence-electron chi connectivity index (χ4n) is 2.01. The van der Waals surface area contributed by atoms with Crippen molar-refractivity contribution in [2.24, 2.45) is 5.73 Å². The zero-order chi connectivity index (χ0) is 16.0. The molecule has 0 aliphatic rings. The predicted octanol–water partition coefficient (Wildman–Crippen LogP) is 1.31. The summed E-state index contributed by atoms with van der Waals surface area (Å²) in [6, 6.07) is 4.87. The molecule has 7 heteroatoms. The van der Waals surface area contributed by atoms with Gasteiger partial charge in [-0.1, -0.05) is 19.9 Å². The highest BCUT2D eigenvalue weighted by atomic mass is 32.2. The van der Waals surface area contributed by atoms with E-state index in [2.05, 4.69) is 5.32 Å². The van der Waals surface area contributed by atoms with Crippen molar-refractivity contribution in [3.63, 3.8) is 0 Å². The first-order valence-electron chi connectivity index (χ1n) is 6.97. The van der Waals surface area contributed by atoms with E-state index >= 15 is 0 Å². The molecule has 1 amide bonds. The minimum absolute atomic E-state index is 0.200. The van der Waals surface area contributed by atoms with Gasteiger partial charge >= 0.3 is 0 Å². The smallest absolute Gasteiger partial charge is 0.243 e. The van der Waals surface area contributed by atoms with Crippen molar-refractivity contribution in [3.05, 3.63) is 23.8 Å². The second-order valence-corrected chi connectivity index (χ2v) is 6.56. The number of amides is 1. The molecule has 0 saturated heterocycles. The quantitative estimate of drug-likeness (QED) is 0.794. The fraction of sp³-hybridized carbons (Fsp3) is 0.500. The molecular weight excluding hydrogens is 290 g/mol. The molecule has 0 fully saturated rings. The lowest BCUT2D eigenvalue weighted by Crippen LogP contribution is -2.31. The third-order valence-corrected chi connectivity index (χ3v) is 5.36. The Hall–Kier alpha value is -1.44. The van der Waals surface area contributed by atoms with E-state index in [1.54, 1.807) is 32.9 Å². The summed E-state index contributed by atoms with van der Waals surface area (Å²) in [6.45, 7) is 6.39. The molecule has 118 valence electrons. The van der Waals surface area contributed by atoms with Gasteiger partial charge in [-0.2, -0.15) is 4.31 Å². The van der Waals surface area contributed by atoms with Crippen LogP contribution in [0.25, 0.3) is 0 Å². The van der Waals surface area contributed by atoms with Crippen LogP contribution in [0.3, 0.4) is 0 Å². The van der Waals surface area contributed by atoms with E-state index in [0.29, 0.717) is 24.3 Å². The maximum Gasteiger partial charge on any atom is 0.243 e.